The molecule has 5 nitrogen and oxygen atoms in total. The Kier molecular flexibility index (Phi) is 10.8. The summed E-state index contributed by atoms with van der Waals surface area (Å²) in [6.07, 6.45) is 5.82. The normalized spacial score (nSPS) is 19.2. The van der Waals surface area contributed by atoms with Crippen molar-refractivity contribution >= 4 is 41.7 Å². The Morgan fingerprint density at radius 2 is 2.35 bits per heavy atom. The van der Waals surface area contributed by atoms with Crippen LogP contribution in [0.15, 0.2) is 27.8 Å². The first-order chi connectivity index (χ1) is 10.8. The van der Waals surface area contributed by atoms with E-state index in [1.807, 2.05) is 23.9 Å². The van der Waals surface area contributed by atoms with Gasteiger partial charge in [0.15, 0.2) is 5.96 Å². The Morgan fingerprint density at radius 3 is 3.00 bits per heavy atom. The first-order valence-electron chi connectivity index (χ1n) is 7.93. The lowest BCUT2D eigenvalue weighted by Crippen LogP contribution is -2.41. The number of thioether (sulfide) groups is 1. The highest BCUT2D eigenvalue weighted by Crippen LogP contribution is 2.10. The lowest BCUT2D eigenvalue weighted by atomic mass is 10.1. The molecule has 2 atom stereocenters. The van der Waals surface area contributed by atoms with E-state index in [1.165, 1.54) is 0 Å². The second kappa shape index (κ2) is 12.0. The Labute approximate surface area is 160 Å². The average Bonchev–Trinajstić information content (AvgIpc) is 3.22. The second-order valence-corrected chi connectivity index (χ2v) is 6.88. The third-order valence-electron chi connectivity index (χ3n) is 3.73. The van der Waals surface area contributed by atoms with Crippen LogP contribution < -0.4 is 10.6 Å². The van der Waals surface area contributed by atoms with Gasteiger partial charge in [-0.25, -0.2) is 0 Å². The van der Waals surface area contributed by atoms with Crippen LogP contribution >= 0.6 is 35.7 Å². The highest BCUT2D eigenvalue weighted by molar-refractivity contribution is 14.0. The molecule has 0 bridgehead atoms. The fourth-order valence-electron chi connectivity index (χ4n) is 2.21. The van der Waals surface area contributed by atoms with Crippen molar-refractivity contribution in [1.82, 2.24) is 10.6 Å². The molecule has 23 heavy (non-hydrogen) atoms. The number of rotatable bonds is 8. The molecule has 0 radical (unpaired) electrons. The minimum absolute atomic E-state index is 0. The maximum Gasteiger partial charge on any atom is 0.191 e. The van der Waals surface area contributed by atoms with Crippen molar-refractivity contribution in [3.8, 4) is 0 Å². The Morgan fingerprint density at radius 1 is 1.48 bits per heavy atom. The van der Waals surface area contributed by atoms with Crippen LogP contribution in [0.1, 0.15) is 19.1 Å². The summed E-state index contributed by atoms with van der Waals surface area (Å²) in [5.74, 6) is 2.47. The molecule has 1 aliphatic heterocycles. The van der Waals surface area contributed by atoms with E-state index in [0.717, 1.165) is 57.4 Å². The maximum atomic E-state index is 5.42. The van der Waals surface area contributed by atoms with Crippen molar-refractivity contribution < 1.29 is 9.15 Å². The quantitative estimate of drug-likeness (QED) is 0.360. The molecule has 2 heterocycles. The van der Waals surface area contributed by atoms with E-state index < -0.39 is 0 Å². The number of hydrogen-bond donors (Lipinski definition) is 2. The van der Waals surface area contributed by atoms with Crippen LogP contribution in [0, 0.1) is 5.92 Å². The molecule has 7 heteroatoms. The average molecular weight is 453 g/mol. The number of nitrogens with one attached hydrogen (secondary N) is 2. The minimum atomic E-state index is 0. The number of guanidine groups is 1. The van der Waals surface area contributed by atoms with Crippen LogP contribution in [0.2, 0.25) is 0 Å². The number of furan rings is 1. The molecule has 2 N–H and O–H groups in total. The van der Waals surface area contributed by atoms with Gasteiger partial charge in [-0.2, -0.15) is 11.8 Å². The predicted molar refractivity (Wildman–Crippen MR) is 108 cm³/mol. The minimum Gasteiger partial charge on any atom is -0.469 e. The summed E-state index contributed by atoms with van der Waals surface area (Å²) in [5.41, 5.74) is 0. The largest absolute Gasteiger partial charge is 0.469 e. The smallest absolute Gasteiger partial charge is 0.191 e. The number of aliphatic imine (C=N–C) groups is 1. The molecule has 132 valence electrons. The highest BCUT2D eigenvalue weighted by Gasteiger charge is 2.15. The molecule has 1 saturated heterocycles. The molecule has 1 aliphatic rings. The number of ether oxygens (including phenoxy) is 1. The van der Waals surface area contributed by atoms with Crippen LogP contribution in [0.5, 0.6) is 0 Å². The van der Waals surface area contributed by atoms with Gasteiger partial charge in [0.1, 0.15) is 5.76 Å². The van der Waals surface area contributed by atoms with Gasteiger partial charge >= 0.3 is 0 Å². The van der Waals surface area contributed by atoms with Crippen molar-refractivity contribution in [1.29, 1.82) is 0 Å². The first kappa shape index (κ1) is 20.6. The maximum absolute atomic E-state index is 5.42. The van der Waals surface area contributed by atoms with Crippen molar-refractivity contribution in [2.45, 2.75) is 25.0 Å². The molecule has 0 aromatic carbocycles. The molecule has 0 amide bonds. The highest BCUT2D eigenvalue weighted by atomic mass is 127. The topological polar surface area (TPSA) is 58.8 Å². The van der Waals surface area contributed by atoms with E-state index in [2.05, 4.69) is 28.8 Å². The van der Waals surface area contributed by atoms with E-state index in [-0.39, 0.29) is 24.0 Å². The van der Waals surface area contributed by atoms with Crippen LogP contribution in [-0.4, -0.2) is 50.3 Å². The van der Waals surface area contributed by atoms with Crippen molar-refractivity contribution in [2.75, 3.05) is 39.1 Å². The Balaban J connectivity index is 0.00000264. The van der Waals surface area contributed by atoms with Crippen molar-refractivity contribution in [3.05, 3.63) is 24.2 Å². The second-order valence-electron chi connectivity index (χ2n) is 5.60. The van der Waals surface area contributed by atoms with Gasteiger partial charge in [0.2, 0.25) is 0 Å². The molecule has 2 rings (SSSR count). The van der Waals surface area contributed by atoms with Crippen LogP contribution in [0.4, 0.5) is 0 Å². The third-order valence-corrected chi connectivity index (χ3v) is 4.69. The van der Waals surface area contributed by atoms with E-state index in [0.29, 0.717) is 11.2 Å². The summed E-state index contributed by atoms with van der Waals surface area (Å²) in [7, 11) is 0. The zero-order valence-electron chi connectivity index (χ0n) is 13.9. The van der Waals surface area contributed by atoms with Gasteiger partial charge in [-0.05, 0) is 24.8 Å². The van der Waals surface area contributed by atoms with Crippen LogP contribution in [0.25, 0.3) is 0 Å². The third kappa shape index (κ3) is 8.30. The number of hydrogen-bond acceptors (Lipinski definition) is 4. The van der Waals surface area contributed by atoms with E-state index >= 15 is 0 Å². The monoisotopic (exact) mass is 453 g/mol. The van der Waals surface area contributed by atoms with Gasteiger partial charge in [0.05, 0.1) is 19.4 Å². The van der Waals surface area contributed by atoms with Gasteiger partial charge < -0.3 is 19.8 Å². The van der Waals surface area contributed by atoms with Crippen LogP contribution in [-0.2, 0) is 11.2 Å². The number of nitrogens with zero attached hydrogens (tertiary/aromatic N) is 1. The van der Waals surface area contributed by atoms with E-state index in [4.69, 9.17) is 9.15 Å². The lowest BCUT2D eigenvalue weighted by Gasteiger charge is -2.15. The standard InChI is InChI=1S/C16H27N3O2S.HI/c1-13(22-2)10-18-16(19-11-14-6-9-20-12-14)17-7-5-15-4-3-8-21-15;/h3-4,8,13-14H,5-7,9-12H2,1-2H3,(H2,17,18,19);1H. The van der Waals surface area contributed by atoms with E-state index in [1.54, 1.807) is 6.26 Å². The van der Waals surface area contributed by atoms with Crippen molar-refractivity contribution in [3.63, 3.8) is 0 Å². The molecule has 0 aliphatic carbocycles. The summed E-state index contributed by atoms with van der Waals surface area (Å²) in [6.45, 7) is 6.48. The summed E-state index contributed by atoms with van der Waals surface area (Å²) in [4.78, 5) is 4.68. The molecule has 0 saturated carbocycles. The fourth-order valence-corrected chi connectivity index (χ4v) is 2.44. The van der Waals surface area contributed by atoms with E-state index in [9.17, 15) is 0 Å². The summed E-state index contributed by atoms with van der Waals surface area (Å²) < 4.78 is 10.8. The number of halogens is 1. The fraction of sp³-hybridized carbons (Fsp3) is 0.688. The molecular formula is C16H28IN3O2S. The summed E-state index contributed by atoms with van der Waals surface area (Å²) >= 11 is 1.83. The molecule has 2 unspecified atom stereocenters. The molecule has 1 aromatic heterocycles. The van der Waals surface area contributed by atoms with Crippen molar-refractivity contribution in [2.24, 2.45) is 10.9 Å². The Bertz CT molecular complexity index is 437. The molecule has 1 aromatic rings. The molecule has 0 spiro atoms. The zero-order chi connectivity index (χ0) is 15.6. The summed E-state index contributed by atoms with van der Waals surface area (Å²) in [5, 5.41) is 7.36. The molecular weight excluding hydrogens is 425 g/mol. The predicted octanol–water partition coefficient (Wildman–Crippen LogP) is 2.76. The SMILES string of the molecule is CSC(C)CN=C(NCCc1ccco1)NCC1CCOC1.I. The lowest BCUT2D eigenvalue weighted by molar-refractivity contribution is 0.186. The first-order valence-corrected chi connectivity index (χ1v) is 9.22. The van der Waals surface area contributed by atoms with Gasteiger partial charge in [-0.1, -0.05) is 6.92 Å². The van der Waals surface area contributed by atoms with Crippen LogP contribution in [0.3, 0.4) is 0 Å². The molecule has 1 fully saturated rings. The Hall–Kier alpha value is -0.410. The van der Waals surface area contributed by atoms with Gasteiger partial charge in [-0.15, -0.1) is 24.0 Å². The van der Waals surface area contributed by atoms with Gasteiger partial charge in [-0.3, -0.25) is 4.99 Å². The van der Waals surface area contributed by atoms with Gasteiger partial charge in [0.25, 0.3) is 0 Å². The summed E-state index contributed by atoms with van der Waals surface area (Å²) in [6, 6.07) is 3.92. The van der Waals surface area contributed by atoms with Gasteiger partial charge in [0, 0.05) is 37.3 Å². The zero-order valence-corrected chi connectivity index (χ0v) is 17.1.